The molecule has 0 spiro atoms. The second-order valence-corrected chi connectivity index (χ2v) is 5.17. The number of fused-ring (bicyclic) bond motifs is 1. The van der Waals surface area contributed by atoms with Gasteiger partial charge in [0.05, 0.1) is 28.4 Å². The number of carbonyl (C=O) groups excluding carboxylic acids is 1. The number of nitro benzene ring substituents is 1. The molecule has 23 heavy (non-hydrogen) atoms. The summed E-state index contributed by atoms with van der Waals surface area (Å²) in [6.45, 7) is 2.36. The van der Waals surface area contributed by atoms with Crippen molar-refractivity contribution < 1.29 is 9.72 Å². The minimum absolute atomic E-state index is 0.0367. The standard InChI is InChI=1S/C17H15N3O3/c1-2-19-16-9-8-13(20(22)23)10-15(16)18-14(11-17(19)21)12-6-4-3-5-7-12/h3-10H,2,11H2,1H3. The Labute approximate surface area is 133 Å². The van der Waals surface area contributed by atoms with Crippen LogP contribution in [-0.2, 0) is 4.79 Å². The summed E-state index contributed by atoms with van der Waals surface area (Å²) in [6.07, 6.45) is 0.167. The van der Waals surface area contributed by atoms with Crippen LogP contribution in [0, 0.1) is 10.1 Å². The molecule has 0 saturated carbocycles. The smallest absolute Gasteiger partial charge is 0.271 e. The van der Waals surface area contributed by atoms with Crippen molar-refractivity contribution in [1.29, 1.82) is 0 Å². The molecule has 0 aromatic heterocycles. The van der Waals surface area contributed by atoms with Crippen LogP contribution in [0.5, 0.6) is 0 Å². The number of anilines is 1. The average Bonchev–Trinajstić information content (AvgIpc) is 2.70. The number of nitro groups is 1. The van der Waals surface area contributed by atoms with Gasteiger partial charge in [-0.05, 0) is 18.6 Å². The van der Waals surface area contributed by atoms with Crippen LogP contribution >= 0.6 is 0 Å². The number of amides is 1. The van der Waals surface area contributed by atoms with Gasteiger partial charge in [-0.2, -0.15) is 0 Å². The summed E-state index contributed by atoms with van der Waals surface area (Å²) in [5, 5.41) is 11.0. The Bertz CT molecular complexity index is 800. The number of non-ortho nitro benzene ring substituents is 1. The lowest BCUT2D eigenvalue weighted by Gasteiger charge is -2.20. The number of carbonyl (C=O) groups is 1. The minimum Gasteiger partial charge on any atom is -0.310 e. The van der Waals surface area contributed by atoms with E-state index >= 15 is 0 Å². The third-order valence-electron chi connectivity index (χ3n) is 3.76. The molecule has 0 N–H and O–H groups in total. The maximum atomic E-state index is 12.5. The molecule has 0 bridgehead atoms. The van der Waals surface area contributed by atoms with Crippen LogP contribution < -0.4 is 4.90 Å². The van der Waals surface area contributed by atoms with E-state index in [0.29, 0.717) is 23.6 Å². The Morgan fingerprint density at radius 3 is 2.61 bits per heavy atom. The summed E-state index contributed by atoms with van der Waals surface area (Å²) >= 11 is 0. The molecule has 1 amide bonds. The molecule has 0 aliphatic carbocycles. The van der Waals surface area contributed by atoms with Gasteiger partial charge in [-0.15, -0.1) is 0 Å². The van der Waals surface area contributed by atoms with Crippen LogP contribution in [0.1, 0.15) is 18.9 Å². The van der Waals surface area contributed by atoms with Crippen molar-refractivity contribution >= 4 is 28.7 Å². The van der Waals surface area contributed by atoms with Crippen LogP contribution in [0.25, 0.3) is 0 Å². The molecule has 0 fully saturated rings. The highest BCUT2D eigenvalue weighted by Crippen LogP contribution is 2.35. The van der Waals surface area contributed by atoms with Gasteiger partial charge in [0.15, 0.2) is 0 Å². The third-order valence-corrected chi connectivity index (χ3v) is 3.76. The summed E-state index contributed by atoms with van der Waals surface area (Å²) < 4.78 is 0. The van der Waals surface area contributed by atoms with Gasteiger partial charge >= 0.3 is 0 Å². The van der Waals surface area contributed by atoms with Gasteiger partial charge in [0.2, 0.25) is 5.91 Å². The Hall–Kier alpha value is -3.02. The molecule has 0 atom stereocenters. The Morgan fingerprint density at radius 1 is 1.22 bits per heavy atom. The van der Waals surface area contributed by atoms with Crippen molar-refractivity contribution in [2.45, 2.75) is 13.3 Å². The van der Waals surface area contributed by atoms with E-state index in [-0.39, 0.29) is 18.0 Å². The Balaban J connectivity index is 2.17. The van der Waals surface area contributed by atoms with Crippen molar-refractivity contribution in [2.75, 3.05) is 11.4 Å². The largest absolute Gasteiger partial charge is 0.310 e. The van der Waals surface area contributed by atoms with Gasteiger partial charge in [0.25, 0.3) is 5.69 Å². The lowest BCUT2D eigenvalue weighted by molar-refractivity contribution is -0.384. The van der Waals surface area contributed by atoms with E-state index in [1.165, 1.54) is 12.1 Å². The summed E-state index contributed by atoms with van der Waals surface area (Å²) in [5.74, 6) is -0.0669. The molecule has 0 radical (unpaired) electrons. The van der Waals surface area contributed by atoms with E-state index in [0.717, 1.165) is 5.56 Å². The number of hydrogen-bond donors (Lipinski definition) is 0. The van der Waals surface area contributed by atoms with E-state index in [1.54, 1.807) is 11.0 Å². The molecule has 2 aromatic rings. The average molecular weight is 309 g/mol. The molecule has 6 heteroatoms. The van der Waals surface area contributed by atoms with Gasteiger partial charge in [0.1, 0.15) is 0 Å². The zero-order valence-electron chi connectivity index (χ0n) is 12.6. The van der Waals surface area contributed by atoms with Gasteiger partial charge in [-0.3, -0.25) is 14.9 Å². The zero-order chi connectivity index (χ0) is 16.4. The predicted octanol–water partition coefficient (Wildman–Crippen LogP) is 3.47. The Kier molecular flexibility index (Phi) is 3.89. The normalized spacial score (nSPS) is 14.0. The van der Waals surface area contributed by atoms with Crippen LogP contribution in [0.3, 0.4) is 0 Å². The van der Waals surface area contributed by atoms with Crippen LogP contribution in [0.15, 0.2) is 53.5 Å². The summed E-state index contributed by atoms with van der Waals surface area (Å²) in [5.41, 5.74) is 2.48. The van der Waals surface area contributed by atoms with Crippen molar-refractivity contribution in [3.63, 3.8) is 0 Å². The van der Waals surface area contributed by atoms with E-state index in [2.05, 4.69) is 4.99 Å². The number of hydrogen-bond acceptors (Lipinski definition) is 4. The van der Waals surface area contributed by atoms with Crippen molar-refractivity contribution in [2.24, 2.45) is 4.99 Å². The van der Waals surface area contributed by atoms with Crippen molar-refractivity contribution in [3.05, 3.63) is 64.2 Å². The van der Waals surface area contributed by atoms with E-state index < -0.39 is 4.92 Å². The third kappa shape index (κ3) is 2.83. The maximum absolute atomic E-state index is 12.5. The minimum atomic E-state index is -0.457. The molecule has 1 aliphatic heterocycles. The molecule has 0 saturated heterocycles. The monoisotopic (exact) mass is 309 g/mol. The van der Waals surface area contributed by atoms with Gasteiger partial charge in [-0.1, -0.05) is 30.3 Å². The number of nitrogens with zero attached hydrogens (tertiary/aromatic N) is 3. The topological polar surface area (TPSA) is 75.8 Å². The molecule has 1 heterocycles. The second kappa shape index (κ2) is 6.00. The van der Waals surface area contributed by atoms with E-state index in [1.807, 2.05) is 37.3 Å². The lowest BCUT2D eigenvalue weighted by atomic mass is 10.1. The first-order chi connectivity index (χ1) is 11.1. The van der Waals surface area contributed by atoms with Gasteiger partial charge in [-0.25, -0.2) is 4.99 Å². The van der Waals surface area contributed by atoms with Gasteiger partial charge < -0.3 is 4.90 Å². The first-order valence-electron chi connectivity index (χ1n) is 7.32. The maximum Gasteiger partial charge on any atom is 0.271 e. The van der Waals surface area contributed by atoms with Crippen molar-refractivity contribution in [1.82, 2.24) is 0 Å². The molecule has 1 aliphatic rings. The van der Waals surface area contributed by atoms with E-state index in [9.17, 15) is 14.9 Å². The number of rotatable bonds is 3. The highest BCUT2D eigenvalue weighted by Gasteiger charge is 2.25. The molecule has 116 valence electrons. The molecule has 3 rings (SSSR count). The summed E-state index contributed by atoms with van der Waals surface area (Å²) in [7, 11) is 0. The fraction of sp³-hybridized carbons (Fsp3) is 0.176. The summed E-state index contributed by atoms with van der Waals surface area (Å²) in [4.78, 5) is 29.2. The van der Waals surface area contributed by atoms with Crippen LogP contribution in [0.2, 0.25) is 0 Å². The molecule has 6 nitrogen and oxygen atoms in total. The quantitative estimate of drug-likeness (QED) is 0.643. The molecule has 2 aromatic carbocycles. The highest BCUT2D eigenvalue weighted by atomic mass is 16.6. The predicted molar refractivity (Wildman–Crippen MR) is 88.4 cm³/mol. The van der Waals surface area contributed by atoms with Crippen molar-refractivity contribution in [3.8, 4) is 0 Å². The first-order valence-corrected chi connectivity index (χ1v) is 7.32. The number of aliphatic imine (C=N–C) groups is 1. The fourth-order valence-corrected chi connectivity index (χ4v) is 2.64. The highest BCUT2D eigenvalue weighted by molar-refractivity contribution is 6.17. The second-order valence-electron chi connectivity index (χ2n) is 5.17. The summed E-state index contributed by atoms with van der Waals surface area (Å²) in [6, 6.07) is 13.8. The number of benzene rings is 2. The van der Waals surface area contributed by atoms with Crippen LogP contribution in [-0.4, -0.2) is 23.1 Å². The lowest BCUT2D eigenvalue weighted by Crippen LogP contribution is -2.31. The van der Waals surface area contributed by atoms with E-state index in [4.69, 9.17) is 0 Å². The first kappa shape index (κ1) is 14.9. The molecular weight excluding hydrogens is 294 g/mol. The zero-order valence-corrected chi connectivity index (χ0v) is 12.6. The van der Waals surface area contributed by atoms with Gasteiger partial charge in [0, 0.05) is 18.7 Å². The SMILES string of the molecule is CCN1C(=O)CC(c2ccccc2)=Nc2cc([N+](=O)[O-])ccc21. The molecule has 0 unspecified atom stereocenters. The Morgan fingerprint density at radius 2 is 1.96 bits per heavy atom. The fourth-order valence-electron chi connectivity index (χ4n) is 2.64. The van der Waals surface area contributed by atoms with Crippen LogP contribution in [0.4, 0.5) is 17.1 Å². The molecular formula is C17H15N3O3.